The quantitative estimate of drug-likeness (QED) is 0.790. The van der Waals surface area contributed by atoms with Gasteiger partial charge in [0.05, 0.1) is 18.0 Å². The third-order valence-corrected chi connectivity index (χ3v) is 2.47. The van der Waals surface area contributed by atoms with Gasteiger partial charge < -0.3 is 10.2 Å². The monoisotopic (exact) mass is 247 g/mol. The molecule has 1 aromatic heterocycles. The standard InChI is InChI=1S/C12H10FN3O2/c13-9-1-3-10(4-2-9)16-7-8(6-15-16)12(18)11(17)5-14/h1-4,6-7,11-12,17-18H. The van der Waals surface area contributed by atoms with Gasteiger partial charge in [-0.15, -0.1) is 0 Å². The van der Waals surface area contributed by atoms with E-state index >= 15 is 0 Å². The van der Waals surface area contributed by atoms with Gasteiger partial charge in [-0.25, -0.2) is 9.07 Å². The summed E-state index contributed by atoms with van der Waals surface area (Å²) in [5.41, 5.74) is 0.926. The smallest absolute Gasteiger partial charge is 0.170 e. The van der Waals surface area contributed by atoms with Gasteiger partial charge >= 0.3 is 0 Å². The Morgan fingerprint density at radius 1 is 1.28 bits per heavy atom. The van der Waals surface area contributed by atoms with Gasteiger partial charge in [-0.1, -0.05) is 0 Å². The van der Waals surface area contributed by atoms with E-state index in [2.05, 4.69) is 5.10 Å². The van der Waals surface area contributed by atoms with Gasteiger partial charge in [0.25, 0.3) is 0 Å². The Morgan fingerprint density at radius 3 is 2.56 bits per heavy atom. The molecule has 18 heavy (non-hydrogen) atoms. The van der Waals surface area contributed by atoms with Crippen molar-refractivity contribution < 1.29 is 14.6 Å². The molecule has 1 aromatic carbocycles. The molecule has 0 saturated carbocycles. The molecule has 2 aromatic rings. The number of rotatable bonds is 3. The molecule has 2 rings (SSSR count). The van der Waals surface area contributed by atoms with Crippen molar-refractivity contribution in [3.05, 3.63) is 48.0 Å². The lowest BCUT2D eigenvalue weighted by Gasteiger charge is -2.08. The maximum atomic E-state index is 12.7. The maximum Gasteiger partial charge on any atom is 0.170 e. The van der Waals surface area contributed by atoms with Crippen molar-refractivity contribution in [1.82, 2.24) is 9.78 Å². The zero-order valence-electron chi connectivity index (χ0n) is 9.23. The normalized spacial score (nSPS) is 13.9. The number of aliphatic hydroxyl groups is 2. The van der Waals surface area contributed by atoms with Crippen LogP contribution in [0, 0.1) is 17.1 Å². The van der Waals surface area contributed by atoms with E-state index in [9.17, 15) is 14.6 Å². The highest BCUT2D eigenvalue weighted by molar-refractivity contribution is 5.32. The zero-order valence-corrected chi connectivity index (χ0v) is 9.23. The summed E-state index contributed by atoms with van der Waals surface area (Å²) in [4.78, 5) is 0. The number of benzene rings is 1. The minimum Gasteiger partial charge on any atom is -0.384 e. The van der Waals surface area contributed by atoms with Gasteiger partial charge in [0.1, 0.15) is 11.9 Å². The van der Waals surface area contributed by atoms with E-state index in [1.54, 1.807) is 0 Å². The second-order valence-electron chi connectivity index (χ2n) is 3.71. The topological polar surface area (TPSA) is 82.1 Å². The summed E-state index contributed by atoms with van der Waals surface area (Å²) < 4.78 is 14.2. The lowest BCUT2D eigenvalue weighted by molar-refractivity contribution is 0.0528. The molecule has 0 spiro atoms. The molecule has 0 saturated heterocycles. The summed E-state index contributed by atoms with van der Waals surface area (Å²) in [6.07, 6.45) is -0.00684. The third kappa shape index (κ3) is 2.37. The minimum absolute atomic E-state index is 0.313. The van der Waals surface area contributed by atoms with Gasteiger partial charge in [0.2, 0.25) is 0 Å². The number of hydrogen-bond acceptors (Lipinski definition) is 4. The van der Waals surface area contributed by atoms with Crippen LogP contribution in [0.3, 0.4) is 0 Å². The molecule has 2 unspecified atom stereocenters. The number of halogens is 1. The first-order valence-electron chi connectivity index (χ1n) is 5.18. The lowest BCUT2D eigenvalue weighted by atomic mass is 10.1. The van der Waals surface area contributed by atoms with E-state index in [0.29, 0.717) is 11.3 Å². The molecule has 0 bridgehead atoms. The van der Waals surface area contributed by atoms with Crippen LogP contribution in [0.2, 0.25) is 0 Å². The molecule has 5 nitrogen and oxygen atoms in total. The molecule has 0 aliphatic carbocycles. The van der Waals surface area contributed by atoms with Crippen LogP contribution in [0.4, 0.5) is 4.39 Å². The molecule has 2 N–H and O–H groups in total. The zero-order chi connectivity index (χ0) is 13.1. The molecular formula is C12H10FN3O2. The van der Waals surface area contributed by atoms with Crippen LogP contribution in [-0.4, -0.2) is 26.1 Å². The van der Waals surface area contributed by atoms with E-state index in [1.807, 2.05) is 0 Å². The van der Waals surface area contributed by atoms with Crippen LogP contribution in [-0.2, 0) is 0 Å². The molecule has 0 aliphatic rings. The second-order valence-corrected chi connectivity index (χ2v) is 3.71. The summed E-state index contributed by atoms with van der Waals surface area (Å²) in [5, 5.41) is 31.3. The van der Waals surface area contributed by atoms with Crippen molar-refractivity contribution in [1.29, 1.82) is 5.26 Å². The fraction of sp³-hybridized carbons (Fsp3) is 0.167. The summed E-state index contributed by atoms with van der Waals surface area (Å²) >= 11 is 0. The summed E-state index contributed by atoms with van der Waals surface area (Å²) in [6, 6.07) is 7.17. The largest absolute Gasteiger partial charge is 0.384 e. The van der Waals surface area contributed by atoms with Gasteiger partial charge in [0, 0.05) is 11.8 Å². The third-order valence-electron chi connectivity index (χ3n) is 2.47. The number of hydrogen-bond donors (Lipinski definition) is 2. The Bertz CT molecular complexity index is 574. The van der Waals surface area contributed by atoms with Crippen molar-refractivity contribution in [3.63, 3.8) is 0 Å². The number of nitriles is 1. The predicted molar refractivity (Wildman–Crippen MR) is 60.1 cm³/mol. The van der Waals surface area contributed by atoms with E-state index in [-0.39, 0.29) is 5.82 Å². The molecule has 0 aliphatic heterocycles. The Morgan fingerprint density at radius 2 is 1.94 bits per heavy atom. The lowest BCUT2D eigenvalue weighted by Crippen LogP contribution is -2.15. The highest BCUT2D eigenvalue weighted by Crippen LogP contribution is 2.17. The number of aromatic nitrogens is 2. The Balaban J connectivity index is 2.26. The number of aliphatic hydroxyl groups excluding tert-OH is 2. The first-order chi connectivity index (χ1) is 8.61. The Labute approximate surface area is 102 Å². The van der Waals surface area contributed by atoms with Gasteiger partial charge in [0.15, 0.2) is 6.10 Å². The molecule has 2 atom stereocenters. The maximum absolute atomic E-state index is 12.7. The summed E-state index contributed by atoms with van der Waals surface area (Å²) in [6.45, 7) is 0. The van der Waals surface area contributed by atoms with Crippen molar-refractivity contribution in [2.75, 3.05) is 0 Å². The van der Waals surface area contributed by atoms with E-state index in [1.165, 1.54) is 47.4 Å². The van der Waals surface area contributed by atoms with Crippen LogP contribution in [0.1, 0.15) is 11.7 Å². The summed E-state index contributed by atoms with van der Waals surface area (Å²) in [7, 11) is 0. The van der Waals surface area contributed by atoms with Crippen LogP contribution in [0.25, 0.3) is 5.69 Å². The average Bonchev–Trinajstić information content (AvgIpc) is 2.87. The van der Waals surface area contributed by atoms with Crippen molar-refractivity contribution in [3.8, 4) is 11.8 Å². The van der Waals surface area contributed by atoms with Gasteiger partial charge in [-0.05, 0) is 24.3 Å². The minimum atomic E-state index is -1.50. The number of nitrogens with zero attached hydrogens (tertiary/aromatic N) is 3. The molecular weight excluding hydrogens is 237 g/mol. The van der Waals surface area contributed by atoms with Crippen LogP contribution >= 0.6 is 0 Å². The van der Waals surface area contributed by atoms with Crippen molar-refractivity contribution >= 4 is 0 Å². The first kappa shape index (κ1) is 12.2. The predicted octanol–water partition coefficient (Wildman–Crippen LogP) is 0.929. The molecule has 6 heteroatoms. The van der Waals surface area contributed by atoms with Crippen LogP contribution in [0.15, 0.2) is 36.7 Å². The fourth-order valence-electron chi connectivity index (χ4n) is 1.48. The molecule has 0 fully saturated rings. The first-order valence-corrected chi connectivity index (χ1v) is 5.18. The molecule has 0 radical (unpaired) electrons. The highest BCUT2D eigenvalue weighted by Gasteiger charge is 2.19. The average molecular weight is 247 g/mol. The highest BCUT2D eigenvalue weighted by atomic mass is 19.1. The van der Waals surface area contributed by atoms with E-state index in [0.717, 1.165) is 0 Å². The molecule has 1 heterocycles. The molecule has 92 valence electrons. The second kappa shape index (κ2) is 4.96. The fourth-order valence-corrected chi connectivity index (χ4v) is 1.48. The van der Waals surface area contributed by atoms with E-state index in [4.69, 9.17) is 5.26 Å². The SMILES string of the molecule is N#CC(O)C(O)c1cnn(-c2ccc(F)cc2)c1. The summed E-state index contributed by atoms with van der Waals surface area (Å²) in [5.74, 6) is -0.355. The van der Waals surface area contributed by atoms with Crippen LogP contribution in [0.5, 0.6) is 0 Å². The van der Waals surface area contributed by atoms with Crippen LogP contribution < -0.4 is 0 Å². The van der Waals surface area contributed by atoms with E-state index < -0.39 is 12.2 Å². The van der Waals surface area contributed by atoms with Gasteiger partial charge in [-0.2, -0.15) is 10.4 Å². The van der Waals surface area contributed by atoms with Gasteiger partial charge in [-0.3, -0.25) is 0 Å². The Kier molecular flexibility index (Phi) is 3.37. The molecule has 0 amide bonds. The van der Waals surface area contributed by atoms with Crippen molar-refractivity contribution in [2.45, 2.75) is 12.2 Å². The van der Waals surface area contributed by atoms with Crippen molar-refractivity contribution in [2.24, 2.45) is 0 Å². The Hall–Kier alpha value is -2.23.